The number of carbonyl (C=O) groups excluding carboxylic acids is 5. The Kier molecular flexibility index (Phi) is 5.14. The van der Waals surface area contributed by atoms with E-state index in [0.29, 0.717) is 30.7 Å². The van der Waals surface area contributed by atoms with E-state index in [1.807, 2.05) is 13.8 Å². The number of nitrogens with zero attached hydrogens (tertiary/aromatic N) is 2. The van der Waals surface area contributed by atoms with Gasteiger partial charge in [-0.05, 0) is 55.7 Å². The standard InChI is InChI=1S/C25H28N2O6/c1-4-5-6-19(28)33-14-8-12(2)7-13(9-14)27-24(31)17-11-18(25(27)32)21-16-10-15(20(17)21)22(29)26(3)23(16)30/h7-9,15-18,20-21H,4-6,10-11H2,1-3H3. The summed E-state index contributed by atoms with van der Waals surface area (Å²) >= 11 is 0. The molecule has 0 radical (unpaired) electrons. The van der Waals surface area contributed by atoms with Crippen LogP contribution in [0.1, 0.15) is 44.6 Å². The SMILES string of the molecule is CCCCC(=O)Oc1cc(C)cc(N2C(=O)C3CC(C2=O)C2C4CC(C(=O)N(C)C4=O)C32)c1. The number of rotatable bonds is 5. The number of fused-ring (bicyclic) bond motifs is 9. The van der Waals surface area contributed by atoms with Gasteiger partial charge < -0.3 is 4.74 Å². The molecule has 6 unspecified atom stereocenters. The van der Waals surface area contributed by atoms with Crippen LogP contribution in [0.25, 0.3) is 0 Å². The lowest BCUT2D eigenvalue weighted by Crippen LogP contribution is -2.51. The number of hydrogen-bond donors (Lipinski definition) is 0. The van der Waals surface area contributed by atoms with Crippen molar-refractivity contribution in [3.8, 4) is 5.75 Å². The number of hydrogen-bond acceptors (Lipinski definition) is 6. The van der Waals surface area contributed by atoms with E-state index in [1.54, 1.807) is 18.2 Å². The van der Waals surface area contributed by atoms with Crippen molar-refractivity contribution in [2.75, 3.05) is 11.9 Å². The van der Waals surface area contributed by atoms with Crippen LogP contribution in [0.15, 0.2) is 18.2 Å². The first kappa shape index (κ1) is 21.8. The second-order valence-electron chi connectivity index (χ2n) is 9.88. The van der Waals surface area contributed by atoms with Crippen molar-refractivity contribution in [3.05, 3.63) is 23.8 Å². The van der Waals surface area contributed by atoms with Gasteiger partial charge in [0.2, 0.25) is 23.6 Å². The molecule has 4 bridgehead atoms. The van der Waals surface area contributed by atoms with Crippen molar-refractivity contribution < 1.29 is 28.7 Å². The third kappa shape index (κ3) is 3.21. The summed E-state index contributed by atoms with van der Waals surface area (Å²) < 4.78 is 5.46. The number of amides is 4. The van der Waals surface area contributed by atoms with Gasteiger partial charge in [0.15, 0.2) is 0 Å². The summed E-state index contributed by atoms with van der Waals surface area (Å²) in [5.74, 6) is -3.44. The van der Waals surface area contributed by atoms with Gasteiger partial charge >= 0.3 is 5.97 Å². The molecule has 8 heteroatoms. The predicted octanol–water partition coefficient (Wildman–Crippen LogP) is 2.47. The number of carbonyl (C=O) groups is 5. The first-order chi connectivity index (χ1) is 15.7. The van der Waals surface area contributed by atoms with Crippen LogP contribution >= 0.6 is 0 Å². The first-order valence-electron chi connectivity index (χ1n) is 11.7. The molecule has 4 fully saturated rings. The highest BCUT2D eigenvalue weighted by Gasteiger charge is 2.68. The van der Waals surface area contributed by atoms with Crippen LogP contribution in [-0.4, -0.2) is 41.5 Å². The Bertz CT molecular complexity index is 1030. The number of anilines is 1. The van der Waals surface area contributed by atoms with Gasteiger partial charge in [-0.15, -0.1) is 0 Å². The maximum atomic E-state index is 13.6. The van der Waals surface area contributed by atoms with E-state index in [4.69, 9.17) is 4.74 Å². The third-order valence-electron chi connectivity index (χ3n) is 7.95. The third-order valence-corrected chi connectivity index (χ3v) is 7.95. The van der Waals surface area contributed by atoms with Gasteiger partial charge in [0, 0.05) is 43.2 Å². The second-order valence-corrected chi connectivity index (χ2v) is 9.88. The Morgan fingerprint density at radius 3 is 2.00 bits per heavy atom. The molecule has 8 nitrogen and oxygen atoms in total. The highest BCUT2D eigenvalue weighted by Crippen LogP contribution is 2.61. The van der Waals surface area contributed by atoms with Gasteiger partial charge in [-0.2, -0.15) is 0 Å². The zero-order valence-corrected chi connectivity index (χ0v) is 19.1. The van der Waals surface area contributed by atoms with Gasteiger partial charge in [-0.1, -0.05) is 13.3 Å². The maximum absolute atomic E-state index is 13.6. The minimum Gasteiger partial charge on any atom is -0.426 e. The Hall–Kier alpha value is -3.03. The van der Waals surface area contributed by atoms with Crippen LogP contribution in [0.4, 0.5) is 5.69 Å². The minimum atomic E-state index is -0.466. The molecule has 4 aliphatic rings. The van der Waals surface area contributed by atoms with E-state index in [0.717, 1.165) is 18.4 Å². The lowest BCUT2D eigenvalue weighted by atomic mass is 9.82. The molecule has 2 saturated heterocycles. The summed E-state index contributed by atoms with van der Waals surface area (Å²) in [6.45, 7) is 3.80. The highest BCUT2D eigenvalue weighted by molar-refractivity contribution is 6.19. The Labute approximate surface area is 192 Å². The molecule has 33 heavy (non-hydrogen) atoms. The summed E-state index contributed by atoms with van der Waals surface area (Å²) in [6.07, 6.45) is 2.73. The number of esters is 1. The summed E-state index contributed by atoms with van der Waals surface area (Å²) in [5, 5.41) is 0. The Morgan fingerprint density at radius 2 is 1.45 bits per heavy atom. The molecule has 2 saturated carbocycles. The van der Waals surface area contributed by atoms with Crippen LogP contribution in [0.2, 0.25) is 0 Å². The molecule has 1 aromatic rings. The van der Waals surface area contributed by atoms with Gasteiger partial charge in [-0.3, -0.25) is 28.9 Å². The minimum absolute atomic E-state index is 0.236. The van der Waals surface area contributed by atoms with Crippen LogP contribution < -0.4 is 9.64 Å². The van der Waals surface area contributed by atoms with Crippen LogP contribution in [0.3, 0.4) is 0 Å². The molecular weight excluding hydrogens is 424 g/mol. The summed E-state index contributed by atoms with van der Waals surface area (Å²) in [7, 11) is 1.49. The zero-order valence-electron chi connectivity index (χ0n) is 19.1. The van der Waals surface area contributed by atoms with Crippen molar-refractivity contribution in [3.63, 3.8) is 0 Å². The smallest absolute Gasteiger partial charge is 0.311 e. The summed E-state index contributed by atoms with van der Waals surface area (Å²) in [4.78, 5) is 67.2. The van der Waals surface area contributed by atoms with Gasteiger partial charge in [0.25, 0.3) is 0 Å². The summed E-state index contributed by atoms with van der Waals surface area (Å²) in [5.41, 5.74) is 1.13. The van der Waals surface area contributed by atoms with Crippen molar-refractivity contribution in [2.24, 2.45) is 35.5 Å². The number of likely N-dealkylation sites (tertiary alicyclic amines) is 1. The molecule has 0 spiro atoms. The fraction of sp³-hybridized carbons (Fsp3) is 0.560. The predicted molar refractivity (Wildman–Crippen MR) is 117 cm³/mol. The second kappa shape index (κ2) is 7.78. The van der Waals surface area contributed by atoms with E-state index in [9.17, 15) is 24.0 Å². The molecule has 4 amide bonds. The molecule has 2 aliphatic heterocycles. The average molecular weight is 453 g/mol. The van der Waals surface area contributed by atoms with Crippen molar-refractivity contribution in [2.45, 2.75) is 46.0 Å². The lowest BCUT2D eigenvalue weighted by molar-refractivity contribution is -0.152. The molecule has 6 atom stereocenters. The number of imide groups is 2. The topological polar surface area (TPSA) is 101 Å². The molecule has 5 rings (SSSR count). The van der Waals surface area contributed by atoms with Crippen molar-refractivity contribution in [1.82, 2.24) is 4.90 Å². The molecule has 0 N–H and O–H groups in total. The molecule has 1 aromatic carbocycles. The normalized spacial score (nSPS) is 32.5. The number of piperidine rings is 2. The zero-order chi connectivity index (χ0) is 23.6. The molecule has 174 valence electrons. The van der Waals surface area contributed by atoms with Gasteiger partial charge in [0.05, 0.1) is 5.69 Å². The first-order valence-corrected chi connectivity index (χ1v) is 11.7. The van der Waals surface area contributed by atoms with Gasteiger partial charge in [0.1, 0.15) is 5.75 Å². The average Bonchev–Trinajstić information content (AvgIpc) is 3.30. The fourth-order valence-electron chi connectivity index (χ4n) is 6.59. The van der Waals surface area contributed by atoms with Crippen LogP contribution in [0.5, 0.6) is 5.75 Å². The number of aryl methyl sites for hydroxylation is 1. The molecule has 2 aliphatic carbocycles. The largest absolute Gasteiger partial charge is 0.426 e. The monoisotopic (exact) mass is 452 g/mol. The molecule has 2 heterocycles. The number of unbranched alkanes of at least 4 members (excludes halogenated alkanes) is 1. The fourth-order valence-corrected chi connectivity index (χ4v) is 6.59. The number of benzene rings is 1. The van der Waals surface area contributed by atoms with Crippen LogP contribution in [-0.2, 0) is 24.0 Å². The van der Waals surface area contributed by atoms with E-state index >= 15 is 0 Å². The van der Waals surface area contributed by atoms with E-state index < -0.39 is 11.8 Å². The maximum Gasteiger partial charge on any atom is 0.311 e. The van der Waals surface area contributed by atoms with Crippen LogP contribution in [0, 0.1) is 42.4 Å². The van der Waals surface area contributed by atoms with Crippen molar-refractivity contribution in [1.29, 1.82) is 0 Å². The highest BCUT2D eigenvalue weighted by atomic mass is 16.5. The van der Waals surface area contributed by atoms with Gasteiger partial charge in [-0.25, -0.2) is 4.90 Å². The quantitative estimate of drug-likeness (QED) is 0.294. The van der Waals surface area contributed by atoms with E-state index in [2.05, 4.69) is 0 Å². The van der Waals surface area contributed by atoms with E-state index in [1.165, 1.54) is 16.8 Å². The lowest BCUT2D eigenvalue weighted by Gasteiger charge is -2.35. The molecular formula is C25H28N2O6. The molecule has 0 aromatic heterocycles. The summed E-state index contributed by atoms with van der Waals surface area (Å²) in [6, 6.07) is 4.98. The number of ether oxygens (including phenoxy) is 1. The van der Waals surface area contributed by atoms with E-state index in [-0.39, 0.29) is 53.3 Å². The Morgan fingerprint density at radius 1 is 0.909 bits per heavy atom. The van der Waals surface area contributed by atoms with Crippen molar-refractivity contribution >= 4 is 35.3 Å². The Balaban J connectivity index is 1.47.